The van der Waals surface area contributed by atoms with Gasteiger partial charge in [-0.1, -0.05) is 0 Å². The van der Waals surface area contributed by atoms with Crippen LogP contribution in [0.4, 0.5) is 5.82 Å². The van der Waals surface area contributed by atoms with Gasteiger partial charge in [-0.15, -0.1) is 11.3 Å². The van der Waals surface area contributed by atoms with Gasteiger partial charge >= 0.3 is 0 Å². The summed E-state index contributed by atoms with van der Waals surface area (Å²) in [5.41, 5.74) is 2.98. The molecule has 2 aliphatic rings. The molecule has 0 spiro atoms. The van der Waals surface area contributed by atoms with Crippen LogP contribution >= 0.6 is 11.3 Å². The average Bonchev–Trinajstić information content (AvgIpc) is 3.47. The van der Waals surface area contributed by atoms with Gasteiger partial charge in [-0.25, -0.2) is 9.50 Å². The highest BCUT2D eigenvalue weighted by atomic mass is 32.1. The Morgan fingerprint density at radius 1 is 1.10 bits per heavy atom. The van der Waals surface area contributed by atoms with E-state index in [4.69, 9.17) is 10.1 Å². The van der Waals surface area contributed by atoms with Crippen molar-refractivity contribution in [3.63, 3.8) is 0 Å². The van der Waals surface area contributed by atoms with Crippen molar-refractivity contribution < 1.29 is 4.79 Å². The van der Waals surface area contributed by atoms with E-state index < -0.39 is 0 Å². The van der Waals surface area contributed by atoms with Crippen LogP contribution in [-0.4, -0.2) is 45.0 Å². The first-order valence-electron chi connectivity index (χ1n) is 10.6. The third-order valence-corrected chi connectivity index (χ3v) is 7.07. The molecule has 7 heteroatoms. The molecular formula is C22H27N5OS. The number of fused-ring (bicyclic) bond motifs is 1. The first-order chi connectivity index (χ1) is 14.1. The maximum atomic E-state index is 13.2. The van der Waals surface area contributed by atoms with Gasteiger partial charge in [0, 0.05) is 42.3 Å². The maximum Gasteiger partial charge on any atom is 0.264 e. The van der Waals surface area contributed by atoms with Gasteiger partial charge < -0.3 is 9.80 Å². The summed E-state index contributed by atoms with van der Waals surface area (Å²) < 4.78 is 1.89. The van der Waals surface area contributed by atoms with Gasteiger partial charge in [0.05, 0.1) is 16.6 Å². The fourth-order valence-corrected chi connectivity index (χ4v) is 5.43. The van der Waals surface area contributed by atoms with Crippen LogP contribution in [0.5, 0.6) is 0 Å². The third-order valence-electron chi connectivity index (χ3n) is 6.09. The minimum atomic E-state index is 0.0240. The van der Waals surface area contributed by atoms with Gasteiger partial charge in [-0.2, -0.15) is 5.10 Å². The van der Waals surface area contributed by atoms with E-state index in [-0.39, 0.29) is 11.9 Å². The second kappa shape index (κ2) is 7.44. The number of thiophene rings is 1. The van der Waals surface area contributed by atoms with E-state index in [1.54, 1.807) is 11.3 Å². The number of anilines is 1. The molecule has 0 N–H and O–H groups in total. The number of amides is 1. The molecule has 3 aromatic rings. The zero-order valence-electron chi connectivity index (χ0n) is 17.1. The lowest BCUT2D eigenvalue weighted by Gasteiger charge is -2.34. The summed E-state index contributed by atoms with van der Waals surface area (Å²) in [7, 11) is 0. The number of nitrogens with zero attached hydrogens (tertiary/aromatic N) is 5. The standard InChI is InChI=1S/C22H27N5OS/c1-15-14-27-20(23-21(15)25-10-5-6-11-25)13-17(24-27)18-7-3-4-12-26(18)22(28)19-9-8-16(2)29-19/h8-9,13-14,18H,3-7,10-12H2,1-2H3. The lowest BCUT2D eigenvalue weighted by Crippen LogP contribution is -2.38. The topological polar surface area (TPSA) is 53.7 Å². The summed E-state index contributed by atoms with van der Waals surface area (Å²) in [6.07, 6.45) is 7.68. The molecule has 2 saturated heterocycles. The molecule has 2 fully saturated rings. The van der Waals surface area contributed by atoms with Crippen molar-refractivity contribution in [2.75, 3.05) is 24.5 Å². The molecule has 3 aromatic heterocycles. The average molecular weight is 410 g/mol. The highest BCUT2D eigenvalue weighted by Crippen LogP contribution is 2.33. The summed E-state index contributed by atoms with van der Waals surface area (Å²) in [5, 5.41) is 4.84. The SMILES string of the molecule is Cc1ccc(C(=O)N2CCCCC2c2cc3nc(N4CCCC4)c(C)cn3n2)s1. The number of hydrogen-bond acceptors (Lipinski definition) is 5. The van der Waals surface area contributed by atoms with Crippen LogP contribution < -0.4 is 4.90 Å². The molecule has 0 radical (unpaired) electrons. The van der Waals surface area contributed by atoms with Crippen molar-refractivity contribution in [2.45, 2.75) is 52.0 Å². The van der Waals surface area contributed by atoms with E-state index >= 15 is 0 Å². The molecule has 1 unspecified atom stereocenters. The van der Waals surface area contributed by atoms with Crippen LogP contribution in [0.15, 0.2) is 24.4 Å². The molecule has 5 heterocycles. The summed E-state index contributed by atoms with van der Waals surface area (Å²) in [6, 6.07) is 6.07. The van der Waals surface area contributed by atoms with Gasteiger partial charge in [0.25, 0.3) is 5.91 Å². The largest absolute Gasteiger partial charge is 0.356 e. The van der Waals surface area contributed by atoms with Crippen LogP contribution in [0.3, 0.4) is 0 Å². The van der Waals surface area contributed by atoms with Crippen LogP contribution in [0.1, 0.15) is 64.0 Å². The Balaban J connectivity index is 1.48. The highest BCUT2D eigenvalue weighted by Gasteiger charge is 2.31. The first-order valence-corrected chi connectivity index (χ1v) is 11.4. The molecule has 1 amide bonds. The Morgan fingerprint density at radius 3 is 2.66 bits per heavy atom. The number of aromatic nitrogens is 3. The lowest BCUT2D eigenvalue weighted by molar-refractivity contribution is 0.0611. The van der Waals surface area contributed by atoms with Gasteiger partial charge in [0.15, 0.2) is 5.65 Å². The first kappa shape index (κ1) is 18.6. The molecule has 0 aromatic carbocycles. The summed E-state index contributed by atoms with van der Waals surface area (Å²) in [6.45, 7) is 7.10. The minimum absolute atomic E-state index is 0.0240. The molecule has 1 atom stereocenters. The predicted molar refractivity (Wildman–Crippen MR) is 116 cm³/mol. The smallest absolute Gasteiger partial charge is 0.264 e. The second-order valence-electron chi connectivity index (χ2n) is 8.23. The minimum Gasteiger partial charge on any atom is -0.356 e. The van der Waals surface area contributed by atoms with E-state index in [2.05, 4.69) is 24.1 Å². The van der Waals surface area contributed by atoms with Crippen LogP contribution in [-0.2, 0) is 0 Å². The molecule has 2 aliphatic heterocycles. The molecule has 29 heavy (non-hydrogen) atoms. The van der Waals surface area contributed by atoms with E-state index in [0.717, 1.165) is 66.5 Å². The Kier molecular flexibility index (Phi) is 4.78. The molecule has 152 valence electrons. The van der Waals surface area contributed by atoms with Crippen molar-refractivity contribution >= 4 is 28.7 Å². The van der Waals surface area contributed by atoms with Gasteiger partial charge in [0.2, 0.25) is 0 Å². The zero-order chi connectivity index (χ0) is 20.0. The fourth-order valence-electron chi connectivity index (χ4n) is 4.60. The highest BCUT2D eigenvalue weighted by molar-refractivity contribution is 7.13. The summed E-state index contributed by atoms with van der Waals surface area (Å²) in [4.78, 5) is 24.5. The Bertz CT molecular complexity index is 1050. The number of likely N-dealkylation sites (tertiary alicyclic amines) is 1. The van der Waals surface area contributed by atoms with Gasteiger partial charge in [-0.05, 0) is 58.1 Å². The second-order valence-corrected chi connectivity index (χ2v) is 9.52. The molecule has 0 saturated carbocycles. The predicted octanol–water partition coefficient (Wildman–Crippen LogP) is 4.38. The number of piperidine rings is 1. The van der Waals surface area contributed by atoms with E-state index in [1.165, 1.54) is 17.7 Å². The quantitative estimate of drug-likeness (QED) is 0.644. The van der Waals surface area contributed by atoms with E-state index in [1.807, 2.05) is 28.5 Å². The molecule has 5 rings (SSSR count). The summed E-state index contributed by atoms with van der Waals surface area (Å²) >= 11 is 1.58. The number of aryl methyl sites for hydroxylation is 2. The van der Waals surface area contributed by atoms with Gasteiger partial charge in [-0.3, -0.25) is 4.79 Å². The Hall–Kier alpha value is -2.41. The van der Waals surface area contributed by atoms with Crippen molar-refractivity contribution in [1.82, 2.24) is 19.5 Å². The number of carbonyl (C=O) groups is 1. The molecule has 0 aliphatic carbocycles. The molecule has 6 nitrogen and oxygen atoms in total. The fraction of sp³-hybridized carbons (Fsp3) is 0.500. The van der Waals surface area contributed by atoms with Crippen LogP contribution in [0, 0.1) is 13.8 Å². The van der Waals surface area contributed by atoms with E-state index in [0.29, 0.717) is 0 Å². The van der Waals surface area contributed by atoms with Crippen LogP contribution in [0.2, 0.25) is 0 Å². The normalized spacial score (nSPS) is 20.0. The number of carbonyl (C=O) groups excluding carboxylic acids is 1. The zero-order valence-corrected chi connectivity index (χ0v) is 17.9. The van der Waals surface area contributed by atoms with Gasteiger partial charge in [0.1, 0.15) is 5.82 Å². The van der Waals surface area contributed by atoms with E-state index in [9.17, 15) is 4.79 Å². The number of rotatable bonds is 3. The third kappa shape index (κ3) is 3.41. The molecule has 0 bridgehead atoms. The van der Waals surface area contributed by atoms with Crippen molar-refractivity contribution in [3.05, 3.63) is 45.4 Å². The maximum absolute atomic E-state index is 13.2. The summed E-state index contributed by atoms with van der Waals surface area (Å²) in [5.74, 6) is 1.21. The van der Waals surface area contributed by atoms with Crippen molar-refractivity contribution in [1.29, 1.82) is 0 Å². The lowest BCUT2D eigenvalue weighted by atomic mass is 9.99. The molecular weight excluding hydrogens is 382 g/mol. The monoisotopic (exact) mass is 409 g/mol. The number of hydrogen-bond donors (Lipinski definition) is 0. The Morgan fingerprint density at radius 2 is 1.90 bits per heavy atom. The Labute approximate surface area is 175 Å². The van der Waals surface area contributed by atoms with Crippen LogP contribution in [0.25, 0.3) is 5.65 Å². The van der Waals surface area contributed by atoms with Crippen molar-refractivity contribution in [2.24, 2.45) is 0 Å². The van der Waals surface area contributed by atoms with Crippen molar-refractivity contribution in [3.8, 4) is 0 Å².